The summed E-state index contributed by atoms with van der Waals surface area (Å²) in [4.78, 5) is 24.0. The van der Waals surface area contributed by atoms with Crippen LogP contribution in [0.4, 0.5) is 5.95 Å². The van der Waals surface area contributed by atoms with Crippen molar-refractivity contribution >= 4 is 23.6 Å². The molecule has 7 nitrogen and oxygen atoms in total. The number of pyridine rings is 1. The van der Waals surface area contributed by atoms with E-state index in [1.807, 2.05) is 18.2 Å². The molecule has 1 amide bonds. The Labute approximate surface area is 126 Å². The van der Waals surface area contributed by atoms with E-state index >= 15 is 0 Å². The van der Waals surface area contributed by atoms with E-state index in [-0.39, 0.29) is 17.6 Å². The van der Waals surface area contributed by atoms with E-state index in [9.17, 15) is 4.79 Å². The number of nitrogens with one attached hydrogen (secondary N) is 1. The van der Waals surface area contributed by atoms with Crippen molar-refractivity contribution in [2.45, 2.75) is 5.03 Å². The standard InChI is InChI=1S/C13H14N4O3S/c1-19-10-7-11(20-2)17-13(16-10)15-9(18)8-21-12-5-3-4-6-14-12/h3-7H,8H2,1-2H3,(H,15,16,17,18). The van der Waals surface area contributed by atoms with Gasteiger partial charge in [-0.1, -0.05) is 17.8 Å². The van der Waals surface area contributed by atoms with Crippen molar-refractivity contribution in [3.63, 3.8) is 0 Å². The molecule has 1 N–H and O–H groups in total. The molecule has 110 valence electrons. The van der Waals surface area contributed by atoms with E-state index in [0.29, 0.717) is 11.8 Å². The molecular formula is C13H14N4O3S. The lowest BCUT2D eigenvalue weighted by molar-refractivity contribution is -0.113. The topological polar surface area (TPSA) is 86.2 Å². The molecule has 21 heavy (non-hydrogen) atoms. The highest BCUT2D eigenvalue weighted by Crippen LogP contribution is 2.18. The summed E-state index contributed by atoms with van der Waals surface area (Å²) in [5.74, 6) is 0.739. The lowest BCUT2D eigenvalue weighted by Gasteiger charge is -2.07. The van der Waals surface area contributed by atoms with E-state index in [2.05, 4.69) is 20.3 Å². The maximum absolute atomic E-state index is 11.9. The van der Waals surface area contributed by atoms with E-state index in [4.69, 9.17) is 9.47 Å². The fourth-order valence-corrected chi connectivity index (χ4v) is 2.06. The molecule has 2 heterocycles. The molecule has 0 fully saturated rings. The number of nitrogens with zero attached hydrogens (tertiary/aromatic N) is 3. The molecule has 0 aliphatic heterocycles. The Balaban J connectivity index is 1.96. The molecule has 0 atom stereocenters. The molecule has 2 rings (SSSR count). The molecule has 2 aromatic heterocycles. The Kier molecular flexibility index (Phi) is 5.33. The predicted octanol–water partition coefficient (Wildman–Crippen LogP) is 1.62. The zero-order valence-electron chi connectivity index (χ0n) is 11.6. The highest BCUT2D eigenvalue weighted by molar-refractivity contribution is 7.99. The van der Waals surface area contributed by atoms with Gasteiger partial charge in [-0.2, -0.15) is 9.97 Å². The second-order valence-corrected chi connectivity index (χ2v) is 4.78. The van der Waals surface area contributed by atoms with E-state index in [0.717, 1.165) is 5.03 Å². The number of anilines is 1. The minimum Gasteiger partial charge on any atom is -0.481 e. The first-order valence-electron chi connectivity index (χ1n) is 6.02. The minimum absolute atomic E-state index is 0.137. The second-order valence-electron chi connectivity index (χ2n) is 3.78. The second kappa shape index (κ2) is 7.44. The first kappa shape index (κ1) is 15.0. The molecular weight excluding hydrogens is 292 g/mol. The average molecular weight is 306 g/mol. The highest BCUT2D eigenvalue weighted by Gasteiger charge is 2.09. The van der Waals surface area contributed by atoms with Crippen molar-refractivity contribution < 1.29 is 14.3 Å². The lowest BCUT2D eigenvalue weighted by Crippen LogP contribution is -2.16. The van der Waals surface area contributed by atoms with Crippen molar-refractivity contribution in [2.75, 3.05) is 25.3 Å². The Morgan fingerprint density at radius 3 is 2.52 bits per heavy atom. The third-order valence-electron chi connectivity index (χ3n) is 2.34. The molecule has 0 aliphatic carbocycles. The van der Waals surface area contributed by atoms with Crippen LogP contribution >= 0.6 is 11.8 Å². The monoisotopic (exact) mass is 306 g/mol. The summed E-state index contributed by atoms with van der Waals surface area (Å²) in [6, 6.07) is 7.05. The predicted molar refractivity (Wildman–Crippen MR) is 78.7 cm³/mol. The number of hydrogen-bond acceptors (Lipinski definition) is 7. The summed E-state index contributed by atoms with van der Waals surface area (Å²) in [7, 11) is 2.95. The molecule has 0 aliphatic rings. The third kappa shape index (κ3) is 4.60. The number of aromatic nitrogens is 3. The SMILES string of the molecule is COc1cc(OC)nc(NC(=O)CSc2ccccn2)n1. The fourth-order valence-electron chi connectivity index (χ4n) is 1.40. The van der Waals surface area contributed by atoms with Gasteiger partial charge in [-0.15, -0.1) is 0 Å². The van der Waals surface area contributed by atoms with Crippen LogP contribution in [0.5, 0.6) is 11.8 Å². The van der Waals surface area contributed by atoms with E-state index in [1.165, 1.54) is 32.0 Å². The van der Waals surface area contributed by atoms with Crippen molar-refractivity contribution in [3.8, 4) is 11.8 Å². The molecule has 0 saturated heterocycles. The quantitative estimate of drug-likeness (QED) is 0.811. The van der Waals surface area contributed by atoms with Crippen LogP contribution in [0.25, 0.3) is 0 Å². The number of ether oxygens (including phenoxy) is 2. The van der Waals surface area contributed by atoms with Gasteiger partial charge in [0.15, 0.2) is 0 Å². The molecule has 0 unspecified atom stereocenters. The summed E-state index contributed by atoms with van der Waals surface area (Å²) in [6.45, 7) is 0. The van der Waals surface area contributed by atoms with Gasteiger partial charge in [-0.3, -0.25) is 10.1 Å². The summed E-state index contributed by atoms with van der Waals surface area (Å²) < 4.78 is 10.0. The van der Waals surface area contributed by atoms with Crippen molar-refractivity contribution in [1.29, 1.82) is 0 Å². The van der Waals surface area contributed by atoms with E-state index < -0.39 is 0 Å². The van der Waals surface area contributed by atoms with Gasteiger partial charge in [0.05, 0.1) is 31.1 Å². The maximum Gasteiger partial charge on any atom is 0.237 e. The number of hydrogen-bond donors (Lipinski definition) is 1. The zero-order valence-corrected chi connectivity index (χ0v) is 12.4. The van der Waals surface area contributed by atoms with Crippen molar-refractivity contribution in [2.24, 2.45) is 0 Å². The van der Waals surface area contributed by atoms with Gasteiger partial charge in [-0.05, 0) is 12.1 Å². The van der Waals surface area contributed by atoms with Gasteiger partial charge in [-0.25, -0.2) is 4.98 Å². The Bertz CT molecular complexity index is 587. The minimum atomic E-state index is -0.235. The van der Waals surface area contributed by atoms with Crippen molar-refractivity contribution in [1.82, 2.24) is 15.0 Å². The molecule has 0 saturated carbocycles. The normalized spacial score (nSPS) is 10.0. The first-order valence-corrected chi connectivity index (χ1v) is 7.00. The fraction of sp³-hybridized carbons (Fsp3) is 0.231. The molecule has 8 heteroatoms. The Hall–Kier alpha value is -2.35. The van der Waals surface area contributed by atoms with Crippen LogP contribution < -0.4 is 14.8 Å². The summed E-state index contributed by atoms with van der Waals surface area (Å²) in [5, 5.41) is 3.37. The van der Waals surface area contributed by atoms with Gasteiger partial charge in [0, 0.05) is 6.20 Å². The first-order chi connectivity index (χ1) is 10.2. The zero-order chi connectivity index (χ0) is 15.1. The third-order valence-corrected chi connectivity index (χ3v) is 3.28. The number of amides is 1. The number of carbonyl (C=O) groups excluding carboxylic acids is 1. The molecule has 0 spiro atoms. The summed E-state index contributed by atoms with van der Waals surface area (Å²) >= 11 is 1.33. The number of rotatable bonds is 6. The largest absolute Gasteiger partial charge is 0.481 e. The van der Waals surface area contributed by atoms with Crippen LogP contribution in [-0.2, 0) is 4.79 Å². The lowest BCUT2D eigenvalue weighted by atomic mass is 10.5. The Morgan fingerprint density at radius 1 is 1.24 bits per heavy atom. The Morgan fingerprint density at radius 2 is 1.95 bits per heavy atom. The number of methoxy groups -OCH3 is 2. The average Bonchev–Trinajstić information content (AvgIpc) is 2.53. The van der Waals surface area contributed by atoms with Gasteiger partial charge < -0.3 is 9.47 Å². The van der Waals surface area contributed by atoms with Gasteiger partial charge in [0.1, 0.15) is 0 Å². The number of carbonyl (C=O) groups is 1. The molecule has 0 radical (unpaired) electrons. The molecule has 0 bridgehead atoms. The van der Waals surface area contributed by atoms with Gasteiger partial charge in [0.2, 0.25) is 23.6 Å². The van der Waals surface area contributed by atoms with Gasteiger partial charge in [0.25, 0.3) is 0 Å². The molecule has 0 aromatic carbocycles. The summed E-state index contributed by atoms with van der Waals surface area (Å²) in [6.07, 6.45) is 1.68. The van der Waals surface area contributed by atoms with Crippen LogP contribution in [0.3, 0.4) is 0 Å². The van der Waals surface area contributed by atoms with Crippen molar-refractivity contribution in [3.05, 3.63) is 30.5 Å². The van der Waals surface area contributed by atoms with Crippen LogP contribution in [0, 0.1) is 0 Å². The van der Waals surface area contributed by atoms with Crippen LogP contribution in [0.1, 0.15) is 0 Å². The van der Waals surface area contributed by atoms with Crippen LogP contribution in [0.15, 0.2) is 35.5 Å². The number of thioether (sulfide) groups is 1. The molecule has 2 aromatic rings. The summed E-state index contributed by atoms with van der Waals surface area (Å²) in [5.41, 5.74) is 0. The van der Waals surface area contributed by atoms with Gasteiger partial charge >= 0.3 is 0 Å². The van der Waals surface area contributed by atoms with E-state index in [1.54, 1.807) is 6.20 Å². The smallest absolute Gasteiger partial charge is 0.237 e. The maximum atomic E-state index is 11.9. The highest BCUT2D eigenvalue weighted by atomic mass is 32.2. The van der Waals surface area contributed by atoms with Crippen LogP contribution in [-0.4, -0.2) is 40.8 Å². The van der Waals surface area contributed by atoms with Crippen LogP contribution in [0.2, 0.25) is 0 Å².